The summed E-state index contributed by atoms with van der Waals surface area (Å²) in [6.45, 7) is 3.11. The van der Waals surface area contributed by atoms with E-state index < -0.39 is 0 Å². The molecule has 0 atom stereocenters. The molecule has 1 aromatic heterocycles. The molecule has 1 saturated heterocycles. The largest absolute Gasteiger partial charge is 0.456 e. The van der Waals surface area contributed by atoms with Gasteiger partial charge >= 0.3 is 0 Å². The van der Waals surface area contributed by atoms with E-state index in [1.807, 2.05) is 17.0 Å². The highest BCUT2D eigenvalue weighted by Gasteiger charge is 2.24. The number of nitrogens with zero attached hydrogens (tertiary/aromatic N) is 2. The summed E-state index contributed by atoms with van der Waals surface area (Å²) in [5, 5.41) is 11.8. The van der Waals surface area contributed by atoms with Crippen LogP contribution in [0.4, 0.5) is 0 Å². The van der Waals surface area contributed by atoms with Crippen molar-refractivity contribution in [3.05, 3.63) is 59.0 Å². The van der Waals surface area contributed by atoms with E-state index in [1.165, 1.54) is 0 Å². The van der Waals surface area contributed by atoms with Crippen LogP contribution in [0.25, 0.3) is 0 Å². The van der Waals surface area contributed by atoms with Gasteiger partial charge in [-0.15, -0.1) is 11.8 Å². The van der Waals surface area contributed by atoms with Crippen molar-refractivity contribution in [2.75, 3.05) is 18.8 Å². The van der Waals surface area contributed by atoms with Crippen molar-refractivity contribution in [2.45, 2.75) is 31.6 Å². The lowest BCUT2D eigenvalue weighted by Crippen LogP contribution is -2.47. The summed E-state index contributed by atoms with van der Waals surface area (Å²) in [7, 11) is 0. The number of hydrogen-bond donors (Lipinski definition) is 1. The molecule has 146 valence electrons. The summed E-state index contributed by atoms with van der Waals surface area (Å²) in [6, 6.07) is 13.0. The molecular formula is C21H23N3O3S. The molecule has 1 aromatic carbocycles. The summed E-state index contributed by atoms with van der Waals surface area (Å²) in [4.78, 5) is 26.4. The monoisotopic (exact) mass is 397 g/mol. The summed E-state index contributed by atoms with van der Waals surface area (Å²) in [5.74, 6) is 2.15. The molecule has 0 aliphatic carbocycles. The highest BCUT2D eigenvalue weighted by Crippen LogP contribution is 2.17. The van der Waals surface area contributed by atoms with Crippen LogP contribution in [0, 0.1) is 18.3 Å². The molecule has 1 aliphatic rings. The molecule has 28 heavy (non-hydrogen) atoms. The predicted molar refractivity (Wildman–Crippen MR) is 108 cm³/mol. The molecule has 2 aromatic rings. The third-order valence-corrected chi connectivity index (χ3v) is 5.71. The number of nitriles is 1. The molecule has 2 amide bonds. The topological polar surface area (TPSA) is 86.3 Å². The van der Waals surface area contributed by atoms with Gasteiger partial charge in [-0.3, -0.25) is 9.59 Å². The smallest absolute Gasteiger partial charge is 0.287 e. The minimum absolute atomic E-state index is 0.0632. The first-order valence-electron chi connectivity index (χ1n) is 9.27. The van der Waals surface area contributed by atoms with Crippen molar-refractivity contribution in [1.82, 2.24) is 10.2 Å². The highest BCUT2D eigenvalue weighted by molar-refractivity contribution is 7.99. The zero-order valence-corrected chi connectivity index (χ0v) is 16.6. The number of aryl methyl sites for hydroxylation is 1. The van der Waals surface area contributed by atoms with Crippen LogP contribution < -0.4 is 5.32 Å². The van der Waals surface area contributed by atoms with Gasteiger partial charge in [0.25, 0.3) is 5.91 Å². The summed E-state index contributed by atoms with van der Waals surface area (Å²) in [5.41, 5.74) is 1.74. The van der Waals surface area contributed by atoms with Crippen molar-refractivity contribution < 1.29 is 14.0 Å². The molecule has 1 fully saturated rings. The quantitative estimate of drug-likeness (QED) is 0.809. The van der Waals surface area contributed by atoms with E-state index in [0.29, 0.717) is 35.9 Å². The number of amides is 2. The Bertz CT molecular complexity index is 862. The van der Waals surface area contributed by atoms with E-state index in [9.17, 15) is 9.59 Å². The average molecular weight is 398 g/mol. The van der Waals surface area contributed by atoms with E-state index >= 15 is 0 Å². The van der Waals surface area contributed by atoms with Gasteiger partial charge in [-0.2, -0.15) is 5.26 Å². The SMILES string of the molecule is Cc1ccc(C(=O)NC2CCN(C(=O)CSCc3ccc(C#N)cc3)CC2)o1. The fourth-order valence-corrected chi connectivity index (χ4v) is 4.00. The summed E-state index contributed by atoms with van der Waals surface area (Å²) >= 11 is 1.58. The van der Waals surface area contributed by atoms with Gasteiger partial charge in [0.1, 0.15) is 5.76 Å². The Hall–Kier alpha value is -2.72. The van der Waals surface area contributed by atoms with Gasteiger partial charge in [0.2, 0.25) is 5.91 Å². The molecule has 0 spiro atoms. The number of likely N-dealkylation sites (tertiary alicyclic amines) is 1. The standard InChI is InChI=1S/C21H23N3O3S/c1-15-2-7-19(27-15)21(26)23-18-8-10-24(11-9-18)20(25)14-28-13-17-5-3-16(12-22)4-6-17/h2-7,18H,8-11,13-14H2,1H3,(H,23,26). The maximum Gasteiger partial charge on any atom is 0.287 e. The fourth-order valence-electron chi connectivity index (χ4n) is 3.11. The van der Waals surface area contributed by atoms with Gasteiger partial charge in [-0.05, 0) is 49.6 Å². The van der Waals surface area contributed by atoms with Crippen LogP contribution in [0.2, 0.25) is 0 Å². The van der Waals surface area contributed by atoms with Crippen LogP contribution in [0.1, 0.15) is 40.3 Å². The minimum Gasteiger partial charge on any atom is -0.456 e. The molecule has 0 unspecified atom stereocenters. The Kier molecular flexibility index (Phi) is 6.77. The zero-order valence-electron chi connectivity index (χ0n) is 15.8. The molecule has 1 N–H and O–H groups in total. The second-order valence-electron chi connectivity index (χ2n) is 6.84. The van der Waals surface area contributed by atoms with Crippen LogP contribution in [0.15, 0.2) is 40.8 Å². The Morgan fingerprint density at radius 2 is 1.93 bits per heavy atom. The van der Waals surface area contributed by atoms with Gasteiger partial charge in [0, 0.05) is 24.9 Å². The van der Waals surface area contributed by atoms with E-state index in [4.69, 9.17) is 9.68 Å². The Morgan fingerprint density at radius 3 is 2.54 bits per heavy atom. The van der Waals surface area contributed by atoms with Crippen LogP contribution >= 0.6 is 11.8 Å². The maximum absolute atomic E-state index is 12.4. The van der Waals surface area contributed by atoms with Crippen LogP contribution in [-0.4, -0.2) is 41.6 Å². The third-order valence-electron chi connectivity index (χ3n) is 4.72. The molecule has 0 saturated carbocycles. The molecule has 1 aliphatic heterocycles. The normalized spacial score (nSPS) is 14.5. The number of nitrogens with one attached hydrogen (secondary N) is 1. The molecule has 0 bridgehead atoms. The van der Waals surface area contributed by atoms with Crippen molar-refractivity contribution in [3.63, 3.8) is 0 Å². The zero-order chi connectivity index (χ0) is 19.9. The van der Waals surface area contributed by atoms with Crippen LogP contribution in [-0.2, 0) is 10.5 Å². The Morgan fingerprint density at radius 1 is 1.21 bits per heavy atom. The molecular weight excluding hydrogens is 374 g/mol. The van der Waals surface area contributed by atoms with Gasteiger partial charge < -0.3 is 14.6 Å². The third kappa shape index (κ3) is 5.40. The Labute approximate surface area is 168 Å². The maximum atomic E-state index is 12.4. The van der Waals surface area contributed by atoms with Gasteiger partial charge in [-0.25, -0.2) is 0 Å². The van der Waals surface area contributed by atoms with Crippen molar-refractivity contribution >= 4 is 23.6 Å². The molecule has 2 heterocycles. The number of carbonyl (C=O) groups excluding carboxylic acids is 2. The van der Waals surface area contributed by atoms with Crippen molar-refractivity contribution in [1.29, 1.82) is 5.26 Å². The van der Waals surface area contributed by atoms with Crippen LogP contribution in [0.3, 0.4) is 0 Å². The fraction of sp³-hybridized carbons (Fsp3) is 0.381. The lowest BCUT2D eigenvalue weighted by atomic mass is 10.0. The molecule has 6 nitrogen and oxygen atoms in total. The van der Waals surface area contributed by atoms with Gasteiger partial charge in [0.15, 0.2) is 5.76 Å². The summed E-state index contributed by atoms with van der Waals surface area (Å²) < 4.78 is 5.34. The van der Waals surface area contributed by atoms with E-state index in [0.717, 1.165) is 24.2 Å². The van der Waals surface area contributed by atoms with E-state index in [-0.39, 0.29) is 17.9 Å². The predicted octanol–water partition coefficient (Wildman–Crippen LogP) is 3.11. The minimum atomic E-state index is -0.198. The lowest BCUT2D eigenvalue weighted by Gasteiger charge is -2.32. The first-order valence-corrected chi connectivity index (χ1v) is 10.4. The molecule has 7 heteroatoms. The van der Waals surface area contributed by atoms with E-state index in [1.54, 1.807) is 43.0 Å². The van der Waals surface area contributed by atoms with E-state index in [2.05, 4.69) is 11.4 Å². The van der Waals surface area contributed by atoms with Gasteiger partial charge in [-0.1, -0.05) is 12.1 Å². The highest BCUT2D eigenvalue weighted by atomic mass is 32.2. The number of hydrogen-bond acceptors (Lipinski definition) is 5. The van der Waals surface area contributed by atoms with Crippen LogP contribution in [0.5, 0.6) is 0 Å². The Balaban J connectivity index is 1.37. The molecule has 0 radical (unpaired) electrons. The van der Waals surface area contributed by atoms with Crippen molar-refractivity contribution in [3.8, 4) is 6.07 Å². The lowest BCUT2D eigenvalue weighted by molar-refractivity contribution is -0.129. The van der Waals surface area contributed by atoms with Gasteiger partial charge in [0.05, 0.1) is 17.4 Å². The second kappa shape index (κ2) is 9.47. The summed E-state index contributed by atoms with van der Waals surface area (Å²) in [6.07, 6.45) is 1.49. The number of benzene rings is 1. The average Bonchev–Trinajstić information content (AvgIpc) is 3.15. The molecule has 3 rings (SSSR count). The number of carbonyl (C=O) groups is 2. The first kappa shape index (κ1) is 20.0. The second-order valence-corrected chi connectivity index (χ2v) is 7.83. The number of rotatable bonds is 6. The number of piperidine rings is 1. The number of thioether (sulfide) groups is 1. The van der Waals surface area contributed by atoms with Crippen molar-refractivity contribution in [2.24, 2.45) is 0 Å². The number of furan rings is 1. The first-order chi connectivity index (χ1) is 13.5.